The lowest BCUT2D eigenvalue weighted by molar-refractivity contribution is 0.0983. The molecule has 560 valence electrons. The number of rotatable bonds is 17. The third kappa shape index (κ3) is 14.7. The number of nitrogens with zero attached hydrogens (tertiary/aromatic N) is 6. The molecule has 2 N–H and O–H groups in total. The van der Waals surface area contributed by atoms with Gasteiger partial charge in [-0.15, -0.1) is 0 Å². The van der Waals surface area contributed by atoms with Crippen LogP contribution in [0.5, 0.6) is 92.0 Å². The molecule has 0 saturated carbocycles. The Morgan fingerprint density at radius 1 is 0.319 bits per heavy atom. The first-order valence-electron chi connectivity index (χ1n) is 37.3. The predicted molar refractivity (Wildman–Crippen MR) is 445 cm³/mol. The van der Waals surface area contributed by atoms with Gasteiger partial charge < -0.3 is 43.2 Å². The van der Waals surface area contributed by atoms with Gasteiger partial charge in [0, 0.05) is 39.4 Å². The maximum atomic E-state index is 14.7. The minimum absolute atomic E-state index is 0.0375. The van der Waals surface area contributed by atoms with Crippen molar-refractivity contribution in [3.63, 3.8) is 0 Å². The van der Waals surface area contributed by atoms with Crippen LogP contribution in [0.3, 0.4) is 0 Å². The fourth-order valence-corrected chi connectivity index (χ4v) is 14.3. The summed E-state index contributed by atoms with van der Waals surface area (Å²) in [7, 11) is 0. The number of fused-ring (bicyclic) bond motifs is 3. The highest BCUT2D eigenvalue weighted by Crippen LogP contribution is 2.49. The van der Waals surface area contributed by atoms with Crippen molar-refractivity contribution in [2.24, 2.45) is 25.0 Å². The first-order chi connectivity index (χ1) is 54.3. The van der Waals surface area contributed by atoms with E-state index < -0.39 is 5.91 Å². The number of para-hydroxylation sites is 8. The lowest BCUT2D eigenvalue weighted by Crippen LogP contribution is -2.22. The van der Waals surface area contributed by atoms with Crippen LogP contribution in [-0.4, -0.2) is 40.9 Å². The Bertz CT molecular complexity index is 6090. The predicted octanol–water partition coefficient (Wildman–Crippen LogP) is 23.8. The molecule has 3 heterocycles. The second-order valence-corrected chi connectivity index (χ2v) is 29.1. The van der Waals surface area contributed by atoms with Crippen molar-refractivity contribution in [3.8, 4) is 98.1 Å². The van der Waals surface area contributed by atoms with Gasteiger partial charge in [0.2, 0.25) is 0 Å². The standard InChI is InChI=1S/C96H82N8O9/c1-50-25-17-26-51(2)82(50)106-74-41-66(49-97)67(42-75(74)107-83-52(3)27-18-28-53(83)4)90(98)99-91-68-43-76(108-84-54(5)29-19-30-55(84)6)77(109-85-56(7)31-20-32-57(85)8)44-69(68)92(100-91)101-93-70-45-78(110-86-58(9)33-21-34-59(86)10)79(111-87-60(11)35-22-36-61(87)12)46-71(70)94(102-93)103-95-72-47-80(112-88-62(13)37-23-38-63(88)14)81(48-73(72)96(105)104-95)113-89-64(15)39-24-40-65(89)16/h17-48H,1-16H3,(H2,98,99,100,101,102,103,104,105). The zero-order chi connectivity index (χ0) is 79.4. The molecule has 12 aromatic rings. The highest BCUT2D eigenvalue weighted by Gasteiger charge is 2.36. The topological polar surface area (TPSA) is 212 Å². The van der Waals surface area contributed by atoms with E-state index in [1.807, 2.05) is 275 Å². The van der Waals surface area contributed by atoms with Crippen LogP contribution in [0.25, 0.3) is 0 Å². The zero-order valence-electron chi connectivity index (χ0n) is 65.8. The van der Waals surface area contributed by atoms with E-state index in [0.717, 1.165) is 89.0 Å². The highest BCUT2D eigenvalue weighted by atomic mass is 16.5. The molecule has 113 heavy (non-hydrogen) atoms. The van der Waals surface area contributed by atoms with E-state index in [2.05, 4.69) is 11.4 Å². The molecule has 0 aromatic heterocycles. The lowest BCUT2D eigenvalue weighted by Gasteiger charge is -2.19. The van der Waals surface area contributed by atoms with Gasteiger partial charge in [-0.2, -0.15) is 5.26 Å². The summed E-state index contributed by atoms with van der Waals surface area (Å²) in [6, 6.07) is 63.6. The number of hydrogen-bond acceptors (Lipinski definition) is 13. The number of aryl methyl sites for hydroxylation is 16. The largest absolute Gasteiger partial charge is 0.453 e. The molecular weight excluding hydrogens is 1410 g/mol. The Morgan fingerprint density at radius 2 is 0.558 bits per heavy atom. The van der Waals surface area contributed by atoms with Gasteiger partial charge in [0.15, 0.2) is 75.2 Å². The van der Waals surface area contributed by atoms with Crippen molar-refractivity contribution in [2.45, 2.75) is 111 Å². The van der Waals surface area contributed by atoms with E-state index in [0.29, 0.717) is 108 Å². The summed E-state index contributed by atoms with van der Waals surface area (Å²) < 4.78 is 55.6. The summed E-state index contributed by atoms with van der Waals surface area (Å²) in [5.41, 5.74) is 16.7. The molecular formula is C96H82N8O9. The zero-order valence-corrected chi connectivity index (χ0v) is 65.8. The van der Waals surface area contributed by atoms with Crippen molar-refractivity contribution in [2.75, 3.05) is 0 Å². The average Bonchev–Trinajstić information content (AvgIpc) is 1.61. The smallest absolute Gasteiger partial charge is 0.257 e. The number of amides is 1. The number of ether oxygens (including phenoxy) is 8. The Hall–Kier alpha value is -14.0. The van der Waals surface area contributed by atoms with E-state index in [1.54, 1.807) is 30.3 Å². The van der Waals surface area contributed by atoms with Gasteiger partial charge in [0.1, 0.15) is 57.9 Å². The summed E-state index contributed by atoms with van der Waals surface area (Å²) in [5, 5.41) is 24.4. The monoisotopic (exact) mass is 1490 g/mol. The summed E-state index contributed by atoms with van der Waals surface area (Å²) in [4.78, 5) is 41.4. The van der Waals surface area contributed by atoms with Crippen LogP contribution in [0.1, 0.15) is 138 Å². The Labute approximate surface area is 657 Å². The van der Waals surface area contributed by atoms with Gasteiger partial charge in [-0.3, -0.25) is 10.2 Å². The molecule has 0 fully saturated rings. The van der Waals surface area contributed by atoms with Crippen molar-refractivity contribution >= 4 is 40.9 Å². The number of nitriles is 1. The molecule has 12 aromatic carbocycles. The molecule has 0 atom stereocenters. The SMILES string of the molecule is Cc1cccc(C)c1Oc1cc(C#N)c(C(=N)N=C2N=C(N=C3N=C(N=C4NC(=O)c5cc(Oc6c(C)cccc6C)c(Oc6c(C)cccc6C)cc54)c4cc(Oc5c(C)cccc5C)c(Oc5c(C)cccc5C)cc43)c3cc(Oc4c(C)cccc4C)c(Oc4c(C)cccc4C)cc32)cc1Oc1c(C)cccc1C. The molecule has 3 aliphatic rings. The molecule has 0 aliphatic carbocycles. The maximum Gasteiger partial charge on any atom is 0.257 e. The van der Waals surface area contributed by atoms with Gasteiger partial charge in [-0.1, -0.05) is 146 Å². The Balaban J connectivity index is 0.964. The number of aliphatic imine (C=N–C) groups is 5. The van der Waals surface area contributed by atoms with Crippen molar-refractivity contribution < 1.29 is 42.7 Å². The summed E-state index contributed by atoms with van der Waals surface area (Å²) >= 11 is 0. The Morgan fingerprint density at radius 3 is 0.858 bits per heavy atom. The van der Waals surface area contributed by atoms with E-state index >= 15 is 0 Å². The van der Waals surface area contributed by atoms with Gasteiger partial charge in [-0.05, 0) is 242 Å². The first-order valence-corrected chi connectivity index (χ1v) is 37.3. The van der Waals surface area contributed by atoms with Gasteiger partial charge in [-0.25, -0.2) is 25.0 Å². The molecule has 17 nitrogen and oxygen atoms in total. The minimum Gasteiger partial charge on any atom is -0.453 e. The molecule has 0 spiro atoms. The molecule has 0 bridgehead atoms. The second kappa shape index (κ2) is 30.5. The van der Waals surface area contributed by atoms with E-state index in [4.69, 9.17) is 62.9 Å². The molecule has 15 rings (SSSR count). The molecule has 17 heteroatoms. The fourth-order valence-electron chi connectivity index (χ4n) is 14.3. The molecule has 0 saturated heterocycles. The summed E-state index contributed by atoms with van der Waals surface area (Å²) in [6.45, 7) is 31.6. The normalized spacial score (nSPS) is 13.6. The number of carbonyl (C=O) groups is 1. The first kappa shape index (κ1) is 74.5. The lowest BCUT2D eigenvalue weighted by atomic mass is 10.0. The summed E-state index contributed by atoms with van der Waals surface area (Å²) in [5.74, 6) is 7.09. The van der Waals surface area contributed by atoms with E-state index in [9.17, 15) is 15.5 Å². The number of nitrogens with one attached hydrogen (secondary N) is 2. The van der Waals surface area contributed by atoms with Crippen LogP contribution in [0, 0.1) is 128 Å². The average molecular weight is 1490 g/mol. The van der Waals surface area contributed by atoms with Crippen molar-refractivity contribution in [1.82, 2.24) is 5.32 Å². The number of amidine groups is 6. The quantitative estimate of drug-likeness (QED) is 0.0650. The minimum atomic E-state index is -0.435. The van der Waals surface area contributed by atoms with Crippen LogP contribution in [0.4, 0.5) is 0 Å². The van der Waals surface area contributed by atoms with Crippen LogP contribution in [0.15, 0.2) is 219 Å². The second-order valence-electron chi connectivity index (χ2n) is 29.1. The van der Waals surface area contributed by atoms with Gasteiger partial charge >= 0.3 is 0 Å². The third-order valence-corrected chi connectivity index (χ3v) is 20.4. The van der Waals surface area contributed by atoms with Crippen LogP contribution >= 0.6 is 0 Å². The molecule has 3 aliphatic heterocycles. The number of benzene rings is 12. The van der Waals surface area contributed by atoms with Crippen molar-refractivity contribution in [1.29, 1.82) is 10.7 Å². The third-order valence-electron chi connectivity index (χ3n) is 20.4. The molecule has 0 unspecified atom stereocenters. The van der Waals surface area contributed by atoms with Gasteiger partial charge in [0.05, 0.1) is 11.1 Å². The van der Waals surface area contributed by atoms with Crippen LogP contribution < -0.4 is 43.2 Å². The van der Waals surface area contributed by atoms with E-state index in [-0.39, 0.29) is 63.2 Å². The van der Waals surface area contributed by atoms with Crippen molar-refractivity contribution in [3.05, 3.63) is 328 Å². The number of hydrogen-bond donors (Lipinski definition) is 2. The Kier molecular flexibility index (Phi) is 20.1. The summed E-state index contributed by atoms with van der Waals surface area (Å²) in [6.07, 6.45) is 0. The highest BCUT2D eigenvalue weighted by molar-refractivity contribution is 6.33. The molecule has 1 amide bonds. The number of carbonyl (C=O) groups excluding carboxylic acids is 1. The van der Waals surface area contributed by atoms with Crippen LogP contribution in [0.2, 0.25) is 0 Å². The maximum absolute atomic E-state index is 14.7. The van der Waals surface area contributed by atoms with E-state index in [1.165, 1.54) is 0 Å². The fraction of sp³-hybridized carbons (Fsp3) is 0.167. The molecule has 0 radical (unpaired) electrons. The van der Waals surface area contributed by atoms with Crippen LogP contribution in [-0.2, 0) is 0 Å². The van der Waals surface area contributed by atoms with Gasteiger partial charge in [0.25, 0.3) is 5.91 Å².